The van der Waals surface area contributed by atoms with Gasteiger partial charge >= 0.3 is 0 Å². The van der Waals surface area contributed by atoms with E-state index in [9.17, 15) is 0 Å². The Kier molecular flexibility index (Phi) is 32.9. The lowest BCUT2D eigenvalue weighted by molar-refractivity contribution is 0.107. The van der Waals surface area contributed by atoms with E-state index in [1.807, 2.05) is 43.6 Å². The van der Waals surface area contributed by atoms with Crippen LogP contribution in [0.2, 0.25) is 0 Å². The van der Waals surface area contributed by atoms with E-state index in [1.165, 1.54) is 42.0 Å². The molecule has 0 saturated carbocycles. The van der Waals surface area contributed by atoms with Crippen LogP contribution in [0.15, 0.2) is 76.1 Å². The van der Waals surface area contributed by atoms with Gasteiger partial charge in [0.05, 0.1) is 19.8 Å². The Labute approximate surface area is 302 Å². The maximum atomic E-state index is 5.93. The Morgan fingerprint density at radius 3 is 2.19 bits per heavy atom. The fraction of sp³-hybridized carbons (Fsp3) is 0.575. The molecule has 2 aromatic heterocycles. The Balaban J connectivity index is 0.000000874. The number of nitrogens with two attached hydrogens (primary N) is 1. The molecule has 0 radical (unpaired) electrons. The summed E-state index contributed by atoms with van der Waals surface area (Å²) in [6, 6.07) is 8.64. The van der Waals surface area contributed by atoms with Gasteiger partial charge in [-0.25, -0.2) is 0 Å². The quantitative estimate of drug-likeness (QED) is 0.0494. The number of likely N-dealkylation sites (N-methyl/N-ethyl adjacent to an activating group) is 1. The highest BCUT2D eigenvalue weighted by Crippen LogP contribution is 2.12. The largest absolute Gasteiger partial charge is 0.399 e. The molecule has 2 heterocycles. The van der Waals surface area contributed by atoms with Crippen LogP contribution in [-0.2, 0) is 9.47 Å². The number of thiophene rings is 2. The fourth-order valence-corrected chi connectivity index (χ4v) is 5.29. The van der Waals surface area contributed by atoms with Crippen molar-refractivity contribution in [1.82, 2.24) is 10.2 Å². The number of aliphatic imine (C=N–C) groups is 1. The van der Waals surface area contributed by atoms with Crippen LogP contribution in [0.1, 0.15) is 89.8 Å². The first-order valence-electron chi connectivity index (χ1n) is 18.0. The van der Waals surface area contributed by atoms with Crippen molar-refractivity contribution in [2.45, 2.75) is 86.1 Å². The molecule has 0 amide bonds. The first-order chi connectivity index (χ1) is 23.4. The molecule has 0 aromatic carbocycles. The highest BCUT2D eigenvalue weighted by Gasteiger charge is 2.06. The fourth-order valence-electron chi connectivity index (χ4n) is 4.04. The highest BCUT2D eigenvalue weighted by molar-refractivity contribution is 7.11. The summed E-state index contributed by atoms with van der Waals surface area (Å²) >= 11 is 3.46. The number of hydrogen-bond acceptors (Lipinski definition) is 8. The zero-order chi connectivity index (χ0) is 35.5. The molecule has 0 bridgehead atoms. The smallest absolute Gasteiger partial charge is 0.0662 e. The summed E-state index contributed by atoms with van der Waals surface area (Å²) < 4.78 is 10.7. The zero-order valence-electron chi connectivity index (χ0n) is 31.2. The molecule has 0 spiro atoms. The molecule has 2 aromatic rings. The van der Waals surface area contributed by atoms with E-state index in [2.05, 4.69) is 97.7 Å². The van der Waals surface area contributed by atoms with E-state index in [1.54, 1.807) is 28.9 Å². The summed E-state index contributed by atoms with van der Waals surface area (Å²) in [6.07, 6.45) is 23.5. The third kappa shape index (κ3) is 28.7. The first-order valence-corrected chi connectivity index (χ1v) is 19.8. The number of nitrogens with one attached hydrogen (secondary N) is 1. The molecule has 0 aliphatic rings. The average Bonchev–Trinajstić information content (AvgIpc) is 3.83. The number of allylic oxidation sites excluding steroid dienone is 3. The number of rotatable bonds is 24. The molecule has 272 valence electrons. The Bertz CT molecular complexity index is 1070. The molecule has 0 aliphatic heterocycles. The maximum Gasteiger partial charge on any atom is 0.0662 e. The van der Waals surface area contributed by atoms with Crippen molar-refractivity contribution >= 4 is 41.0 Å². The monoisotopic (exact) mass is 700 g/mol. The predicted molar refractivity (Wildman–Crippen MR) is 218 cm³/mol. The zero-order valence-corrected chi connectivity index (χ0v) is 32.9. The van der Waals surface area contributed by atoms with Crippen molar-refractivity contribution in [3.63, 3.8) is 0 Å². The van der Waals surface area contributed by atoms with Gasteiger partial charge in [-0.2, -0.15) is 0 Å². The minimum Gasteiger partial charge on any atom is -0.399 e. The van der Waals surface area contributed by atoms with E-state index in [-0.39, 0.29) is 0 Å². The van der Waals surface area contributed by atoms with Gasteiger partial charge in [0.15, 0.2) is 0 Å². The van der Waals surface area contributed by atoms with Crippen molar-refractivity contribution in [3.8, 4) is 0 Å². The van der Waals surface area contributed by atoms with E-state index >= 15 is 0 Å². The van der Waals surface area contributed by atoms with Crippen molar-refractivity contribution < 1.29 is 9.47 Å². The van der Waals surface area contributed by atoms with Gasteiger partial charge < -0.3 is 25.4 Å². The van der Waals surface area contributed by atoms with E-state index < -0.39 is 0 Å². The van der Waals surface area contributed by atoms with Gasteiger partial charge in [0.25, 0.3) is 0 Å². The van der Waals surface area contributed by atoms with Crippen LogP contribution >= 0.6 is 22.7 Å². The third-order valence-electron chi connectivity index (χ3n) is 7.14. The van der Waals surface area contributed by atoms with Crippen molar-refractivity contribution in [1.29, 1.82) is 0 Å². The lowest BCUT2D eigenvalue weighted by Crippen LogP contribution is -2.30. The summed E-state index contributed by atoms with van der Waals surface area (Å²) in [5, 5.41) is 7.40. The summed E-state index contributed by atoms with van der Waals surface area (Å²) in [6.45, 7) is 20.3. The molecule has 0 aliphatic carbocycles. The molecule has 2 atom stereocenters. The van der Waals surface area contributed by atoms with Gasteiger partial charge in [0.1, 0.15) is 0 Å². The molecule has 2 rings (SSSR count). The molecular weight excluding hydrogens is 633 g/mol. The van der Waals surface area contributed by atoms with Crippen LogP contribution in [0, 0.1) is 5.92 Å². The second-order valence-corrected chi connectivity index (χ2v) is 13.4. The Morgan fingerprint density at radius 2 is 1.62 bits per heavy atom. The second kappa shape index (κ2) is 34.5. The second-order valence-electron chi connectivity index (χ2n) is 11.4. The Hall–Kier alpha value is -2.33. The van der Waals surface area contributed by atoms with Crippen LogP contribution in [0.3, 0.4) is 0 Å². The molecule has 0 saturated heterocycles. The molecule has 8 heteroatoms. The van der Waals surface area contributed by atoms with Crippen LogP contribution in [0.25, 0.3) is 12.2 Å². The van der Waals surface area contributed by atoms with Gasteiger partial charge in [-0.05, 0) is 106 Å². The minimum atomic E-state index is 0.346. The predicted octanol–water partition coefficient (Wildman–Crippen LogP) is 9.98. The first kappa shape index (κ1) is 45.7. The van der Waals surface area contributed by atoms with Crippen molar-refractivity contribution in [2.75, 3.05) is 59.7 Å². The standard InChI is InChI=1S/C22H37N3OS.C13H19NS.C5H12O/c1-4-14-25(15-11-20(3)5-2)16-18-26-17-13-24-12-10-21(23)8-9-22-7-6-19-27-22;1-3-4-5-7-12(14-2)9-10-13-8-6-11-15-13;1-3-5-6-4-2/h6-10,12,19-20H,4-5,11,13-18,23H2,1-3H3;5-12,14H,3-4H2,1-2H3;3-5H2,1-2H3/b9-8+,21-10-,24-12?;7-5-,10-9+;. The number of hydrogen-bond donors (Lipinski definition) is 2. The molecule has 0 fully saturated rings. The SMILES string of the molecule is CCC/C=C\C(/C=C/c1cccs1)NC.CCCN(CCOCCN=C/C=C(N)/C=C/c1cccs1)CCC(C)CC.CCCOCC. The molecule has 3 N–H and O–H groups in total. The molecule has 48 heavy (non-hydrogen) atoms. The minimum absolute atomic E-state index is 0.346. The molecular formula is C40H68N4O2S2. The van der Waals surface area contributed by atoms with Gasteiger partial charge in [-0.1, -0.05) is 77.8 Å². The van der Waals surface area contributed by atoms with Gasteiger partial charge in [0, 0.05) is 47.5 Å². The summed E-state index contributed by atoms with van der Waals surface area (Å²) in [5.74, 6) is 0.806. The van der Waals surface area contributed by atoms with E-state index in [4.69, 9.17) is 15.2 Å². The van der Waals surface area contributed by atoms with E-state index in [0.29, 0.717) is 24.9 Å². The third-order valence-corrected chi connectivity index (χ3v) is 8.82. The molecule has 2 unspecified atom stereocenters. The van der Waals surface area contributed by atoms with Crippen molar-refractivity contribution in [2.24, 2.45) is 16.6 Å². The highest BCUT2D eigenvalue weighted by atomic mass is 32.1. The summed E-state index contributed by atoms with van der Waals surface area (Å²) in [5.41, 5.74) is 6.62. The lowest BCUT2D eigenvalue weighted by Gasteiger charge is -2.23. The average molecular weight is 701 g/mol. The number of ether oxygens (including phenoxy) is 2. The summed E-state index contributed by atoms with van der Waals surface area (Å²) in [7, 11) is 1.99. The number of nitrogens with zero attached hydrogens (tertiary/aromatic N) is 2. The van der Waals surface area contributed by atoms with Crippen LogP contribution in [-0.4, -0.2) is 76.8 Å². The molecule has 6 nitrogen and oxygen atoms in total. The van der Waals surface area contributed by atoms with Crippen LogP contribution < -0.4 is 11.1 Å². The van der Waals surface area contributed by atoms with Crippen LogP contribution in [0.4, 0.5) is 0 Å². The van der Waals surface area contributed by atoms with E-state index in [0.717, 1.165) is 51.7 Å². The topological polar surface area (TPSA) is 72.1 Å². The number of unbranched alkanes of at least 4 members (excludes halogenated alkanes) is 1. The van der Waals surface area contributed by atoms with Crippen molar-refractivity contribution in [3.05, 3.63) is 80.9 Å². The van der Waals surface area contributed by atoms with Gasteiger partial charge in [0.2, 0.25) is 0 Å². The van der Waals surface area contributed by atoms with Crippen LogP contribution in [0.5, 0.6) is 0 Å². The maximum absolute atomic E-state index is 5.93. The van der Waals surface area contributed by atoms with Gasteiger partial charge in [-0.15, -0.1) is 22.7 Å². The summed E-state index contributed by atoms with van der Waals surface area (Å²) in [4.78, 5) is 9.34. The Morgan fingerprint density at radius 1 is 0.896 bits per heavy atom. The van der Waals surface area contributed by atoms with Gasteiger partial charge in [-0.3, -0.25) is 4.99 Å². The lowest BCUT2D eigenvalue weighted by atomic mass is 10.1. The normalized spacial score (nSPS) is 13.4.